The van der Waals surface area contributed by atoms with Crippen molar-refractivity contribution in [2.45, 2.75) is 25.7 Å². The number of aromatic nitrogens is 2. The Bertz CT molecular complexity index is 835. The summed E-state index contributed by atoms with van der Waals surface area (Å²) in [6, 6.07) is 6.79. The summed E-state index contributed by atoms with van der Waals surface area (Å²) in [6.45, 7) is 2.04. The van der Waals surface area contributed by atoms with Gasteiger partial charge in [-0.05, 0) is 24.6 Å². The maximum absolute atomic E-state index is 10.3. The van der Waals surface area contributed by atoms with E-state index in [9.17, 15) is 10.4 Å². The summed E-state index contributed by atoms with van der Waals surface area (Å²) in [5.41, 5.74) is 8.17. The molecule has 1 atom stereocenters. The van der Waals surface area contributed by atoms with Crippen molar-refractivity contribution in [1.82, 2.24) is 10.2 Å². The number of benzene rings is 1. The van der Waals surface area contributed by atoms with E-state index in [4.69, 9.17) is 22.1 Å². The number of phenolic OH excluding ortho intramolecular Hbond substituents is 1. The Kier molecular flexibility index (Phi) is 3.89. The highest BCUT2D eigenvalue weighted by Crippen LogP contribution is 2.46. The van der Waals surface area contributed by atoms with Crippen molar-refractivity contribution in [3.05, 3.63) is 51.5 Å². The summed E-state index contributed by atoms with van der Waals surface area (Å²) in [5, 5.41) is 27.3. The molecule has 1 aromatic heterocycles. The Hall–Kier alpha value is -2.65. The minimum atomic E-state index is -0.567. The minimum Gasteiger partial charge on any atom is -0.508 e. The fraction of sp³-hybridized carbons (Fsp3) is 0.250. The molecule has 0 aliphatic carbocycles. The molecule has 1 aromatic carbocycles. The van der Waals surface area contributed by atoms with Gasteiger partial charge in [0.2, 0.25) is 11.8 Å². The standard InChI is InChI=1S/C16H15ClN4O2/c1-2-3-11-14-13(9-6-8(17)4-5-12(9)22)10(7-18)15(19)23-16(14)21-20-11/h4-6,13,22H,2-3,19H2,1H3,(H,20,21)/t13-/m0/s1. The molecule has 7 heteroatoms. The van der Waals surface area contributed by atoms with Crippen LogP contribution in [0.1, 0.15) is 36.1 Å². The lowest BCUT2D eigenvalue weighted by Crippen LogP contribution is -2.21. The molecule has 4 N–H and O–H groups in total. The van der Waals surface area contributed by atoms with Crippen LogP contribution in [0, 0.1) is 11.3 Å². The van der Waals surface area contributed by atoms with E-state index in [1.54, 1.807) is 12.1 Å². The smallest absolute Gasteiger partial charge is 0.244 e. The second-order valence-electron chi connectivity index (χ2n) is 5.30. The molecule has 2 heterocycles. The number of allylic oxidation sites excluding steroid dienone is 1. The van der Waals surface area contributed by atoms with Gasteiger partial charge in [0.15, 0.2) is 0 Å². The van der Waals surface area contributed by atoms with E-state index >= 15 is 0 Å². The van der Waals surface area contributed by atoms with Crippen molar-refractivity contribution in [2.75, 3.05) is 0 Å². The molecule has 1 aliphatic heterocycles. The topological polar surface area (TPSA) is 108 Å². The monoisotopic (exact) mass is 330 g/mol. The lowest BCUT2D eigenvalue weighted by Gasteiger charge is -2.24. The van der Waals surface area contributed by atoms with Gasteiger partial charge in [-0.15, -0.1) is 5.10 Å². The van der Waals surface area contributed by atoms with Crippen LogP contribution in [0.4, 0.5) is 0 Å². The number of aromatic amines is 1. The van der Waals surface area contributed by atoms with Gasteiger partial charge >= 0.3 is 0 Å². The van der Waals surface area contributed by atoms with Crippen molar-refractivity contribution in [2.24, 2.45) is 5.73 Å². The van der Waals surface area contributed by atoms with E-state index in [-0.39, 0.29) is 17.2 Å². The molecule has 118 valence electrons. The van der Waals surface area contributed by atoms with Crippen LogP contribution in [0.2, 0.25) is 5.02 Å². The molecule has 0 amide bonds. The summed E-state index contributed by atoms with van der Waals surface area (Å²) in [5.74, 6) is -0.215. The number of ether oxygens (including phenoxy) is 1. The summed E-state index contributed by atoms with van der Waals surface area (Å²) in [7, 11) is 0. The number of phenols is 1. The van der Waals surface area contributed by atoms with Crippen LogP contribution in [-0.4, -0.2) is 15.3 Å². The van der Waals surface area contributed by atoms with Crippen LogP contribution >= 0.6 is 11.6 Å². The highest BCUT2D eigenvalue weighted by atomic mass is 35.5. The predicted molar refractivity (Wildman–Crippen MR) is 85.0 cm³/mol. The van der Waals surface area contributed by atoms with Crippen LogP contribution < -0.4 is 10.5 Å². The molecule has 6 nitrogen and oxygen atoms in total. The average Bonchev–Trinajstić information content (AvgIpc) is 2.91. The van der Waals surface area contributed by atoms with Gasteiger partial charge in [0.1, 0.15) is 17.4 Å². The van der Waals surface area contributed by atoms with Crippen LogP contribution in [-0.2, 0) is 6.42 Å². The molecule has 0 spiro atoms. The Labute approximate surface area is 138 Å². The normalized spacial score (nSPS) is 16.7. The van der Waals surface area contributed by atoms with Gasteiger partial charge in [-0.2, -0.15) is 5.26 Å². The molecule has 2 aromatic rings. The molecule has 0 bridgehead atoms. The summed E-state index contributed by atoms with van der Waals surface area (Å²) < 4.78 is 5.46. The molecular formula is C16H15ClN4O2. The number of halogens is 1. The van der Waals surface area contributed by atoms with Crippen LogP contribution in [0.3, 0.4) is 0 Å². The van der Waals surface area contributed by atoms with Crippen molar-refractivity contribution in [3.63, 3.8) is 0 Å². The number of aryl methyl sites for hydroxylation is 1. The van der Waals surface area contributed by atoms with Crippen molar-refractivity contribution >= 4 is 11.6 Å². The first-order chi connectivity index (χ1) is 11.1. The van der Waals surface area contributed by atoms with E-state index < -0.39 is 5.92 Å². The molecule has 0 saturated heterocycles. The lowest BCUT2D eigenvalue weighted by molar-refractivity contribution is 0.377. The highest BCUT2D eigenvalue weighted by molar-refractivity contribution is 6.30. The number of fused-ring (bicyclic) bond motifs is 1. The highest BCUT2D eigenvalue weighted by Gasteiger charge is 2.36. The molecule has 3 rings (SSSR count). The van der Waals surface area contributed by atoms with Crippen LogP contribution in [0.25, 0.3) is 0 Å². The first kappa shape index (κ1) is 15.3. The second kappa shape index (κ2) is 5.86. The number of aromatic hydroxyl groups is 1. The van der Waals surface area contributed by atoms with Gasteiger partial charge in [0.05, 0.1) is 11.5 Å². The largest absolute Gasteiger partial charge is 0.508 e. The second-order valence-corrected chi connectivity index (χ2v) is 5.74. The quantitative estimate of drug-likeness (QED) is 0.801. The third kappa shape index (κ3) is 2.49. The van der Waals surface area contributed by atoms with Gasteiger partial charge in [-0.3, -0.25) is 5.10 Å². The van der Waals surface area contributed by atoms with E-state index in [2.05, 4.69) is 16.3 Å². The third-order valence-corrected chi connectivity index (χ3v) is 4.05. The van der Waals surface area contributed by atoms with Gasteiger partial charge in [0, 0.05) is 16.3 Å². The van der Waals surface area contributed by atoms with Crippen molar-refractivity contribution < 1.29 is 9.84 Å². The minimum absolute atomic E-state index is 0.0149. The maximum atomic E-state index is 10.3. The van der Waals surface area contributed by atoms with Crippen molar-refractivity contribution in [3.8, 4) is 17.7 Å². The number of nitrogens with one attached hydrogen (secondary N) is 1. The zero-order valence-electron chi connectivity index (χ0n) is 12.4. The Morgan fingerprint density at radius 1 is 1.52 bits per heavy atom. The number of hydrogen-bond donors (Lipinski definition) is 3. The molecular weight excluding hydrogens is 316 g/mol. The summed E-state index contributed by atoms with van der Waals surface area (Å²) >= 11 is 6.07. The van der Waals surface area contributed by atoms with E-state index in [1.807, 2.05) is 6.92 Å². The number of hydrogen-bond acceptors (Lipinski definition) is 5. The number of nitriles is 1. The van der Waals surface area contributed by atoms with Gasteiger partial charge < -0.3 is 15.6 Å². The van der Waals surface area contributed by atoms with E-state index in [0.29, 0.717) is 16.5 Å². The molecule has 0 unspecified atom stereocenters. The Balaban J connectivity index is 2.26. The zero-order chi connectivity index (χ0) is 16.6. The maximum Gasteiger partial charge on any atom is 0.244 e. The number of nitrogens with two attached hydrogens (primary N) is 1. The average molecular weight is 331 g/mol. The summed E-state index contributed by atoms with van der Waals surface area (Å²) in [4.78, 5) is 0. The molecule has 0 fully saturated rings. The SMILES string of the molecule is CCCc1[nH]nc2c1[C@@H](c1cc(Cl)ccc1O)C(C#N)=C(N)O2. The molecule has 1 aliphatic rings. The first-order valence-corrected chi connectivity index (χ1v) is 7.57. The van der Waals surface area contributed by atoms with Gasteiger partial charge in [0.25, 0.3) is 0 Å². The summed E-state index contributed by atoms with van der Waals surface area (Å²) in [6.07, 6.45) is 1.63. The number of rotatable bonds is 3. The first-order valence-electron chi connectivity index (χ1n) is 7.20. The Morgan fingerprint density at radius 3 is 3.00 bits per heavy atom. The number of nitrogens with zero attached hydrogens (tertiary/aromatic N) is 2. The lowest BCUT2D eigenvalue weighted by atomic mass is 9.83. The van der Waals surface area contributed by atoms with Crippen molar-refractivity contribution in [1.29, 1.82) is 5.26 Å². The molecule has 0 radical (unpaired) electrons. The van der Waals surface area contributed by atoms with Crippen LogP contribution in [0.15, 0.2) is 29.7 Å². The fourth-order valence-corrected chi connectivity index (χ4v) is 3.00. The molecule has 23 heavy (non-hydrogen) atoms. The van der Waals surface area contributed by atoms with Gasteiger partial charge in [-0.1, -0.05) is 24.9 Å². The molecule has 0 saturated carbocycles. The number of H-pyrrole nitrogens is 1. The van der Waals surface area contributed by atoms with E-state index in [0.717, 1.165) is 24.1 Å². The third-order valence-electron chi connectivity index (χ3n) is 3.82. The van der Waals surface area contributed by atoms with Crippen LogP contribution in [0.5, 0.6) is 11.6 Å². The zero-order valence-corrected chi connectivity index (χ0v) is 13.2. The fourth-order valence-electron chi connectivity index (χ4n) is 2.82. The van der Waals surface area contributed by atoms with E-state index in [1.165, 1.54) is 6.07 Å². The Morgan fingerprint density at radius 2 is 2.30 bits per heavy atom. The van der Waals surface area contributed by atoms with Gasteiger partial charge in [-0.25, -0.2) is 0 Å². The predicted octanol–water partition coefficient (Wildman–Crippen LogP) is 2.94.